The smallest absolute Gasteiger partial charge is 0.240 e. The Morgan fingerprint density at radius 1 is 1.27 bits per heavy atom. The predicted molar refractivity (Wildman–Crippen MR) is 106 cm³/mol. The third-order valence-electron chi connectivity index (χ3n) is 3.82. The van der Waals surface area contributed by atoms with E-state index < -0.39 is 0 Å². The van der Waals surface area contributed by atoms with E-state index in [1.165, 1.54) is 12.1 Å². The van der Waals surface area contributed by atoms with Gasteiger partial charge in [0, 0.05) is 36.6 Å². The van der Waals surface area contributed by atoms with E-state index in [0.717, 1.165) is 5.56 Å². The average Bonchev–Trinajstić information content (AvgIpc) is 2.44. The van der Waals surface area contributed by atoms with Gasteiger partial charge in [-0.15, -0.1) is 0 Å². The second kappa shape index (κ2) is 8.71. The molecule has 146 valence electrons. The van der Waals surface area contributed by atoms with Crippen molar-refractivity contribution in [3.05, 3.63) is 34.6 Å². The fourth-order valence-electron chi connectivity index (χ4n) is 2.57. The Morgan fingerprint density at radius 2 is 1.88 bits per heavy atom. The fourth-order valence-corrected chi connectivity index (χ4v) is 2.99. The normalized spacial score (nSPS) is 12.7. The summed E-state index contributed by atoms with van der Waals surface area (Å²) in [6.07, 6.45) is 0. The Hall–Kier alpha value is -1.82. The van der Waals surface area contributed by atoms with Crippen LogP contribution in [0.1, 0.15) is 40.2 Å². The van der Waals surface area contributed by atoms with Crippen molar-refractivity contribution in [2.24, 2.45) is 4.99 Å². The molecule has 1 rings (SSSR count). The molecule has 0 saturated carbocycles. The first-order chi connectivity index (χ1) is 11.9. The summed E-state index contributed by atoms with van der Waals surface area (Å²) in [5.41, 5.74) is 0.211. The number of amides is 1. The number of rotatable bonds is 5. The number of guanidine groups is 1. The number of likely N-dealkylation sites (N-methyl/N-ethyl adjacent to an activating group) is 1. The summed E-state index contributed by atoms with van der Waals surface area (Å²) in [6, 6.07) is 4.42. The molecule has 0 aromatic heterocycles. The summed E-state index contributed by atoms with van der Waals surface area (Å²) in [5, 5.41) is 6.58. The first-order valence-corrected chi connectivity index (χ1v) is 8.92. The molecule has 0 heterocycles. The minimum atomic E-state index is -0.358. The number of nitrogens with one attached hydrogen (secondary N) is 2. The summed E-state index contributed by atoms with van der Waals surface area (Å²) >= 11 is 6.19. The standard InChI is InChI=1S/C19H30ClFN4O/c1-18(2,3)24-16(26)11-25(7)17(22-6)23-12-19(4,5)14-9-8-13(21)10-15(14)20/h8-10H,11-12H2,1-7H3,(H,22,23)(H,24,26). The molecule has 1 aromatic rings. The van der Waals surface area contributed by atoms with Crippen molar-refractivity contribution in [2.75, 3.05) is 27.2 Å². The molecule has 0 atom stereocenters. The van der Waals surface area contributed by atoms with E-state index in [4.69, 9.17) is 11.6 Å². The molecule has 0 aliphatic carbocycles. The van der Waals surface area contributed by atoms with Crippen LogP contribution >= 0.6 is 11.6 Å². The van der Waals surface area contributed by atoms with Crippen LogP contribution in [0.3, 0.4) is 0 Å². The van der Waals surface area contributed by atoms with Gasteiger partial charge in [-0.25, -0.2) is 4.39 Å². The van der Waals surface area contributed by atoms with E-state index in [9.17, 15) is 9.18 Å². The topological polar surface area (TPSA) is 56.7 Å². The molecule has 0 aliphatic heterocycles. The van der Waals surface area contributed by atoms with Crippen molar-refractivity contribution in [2.45, 2.75) is 45.6 Å². The summed E-state index contributed by atoms with van der Waals surface area (Å²) in [5.74, 6) is 0.159. The number of halogens is 2. The first kappa shape index (κ1) is 22.2. The Kier molecular flexibility index (Phi) is 7.45. The number of aliphatic imine (C=N–C) groups is 1. The number of hydrogen-bond acceptors (Lipinski definition) is 2. The van der Waals surface area contributed by atoms with Gasteiger partial charge >= 0.3 is 0 Å². The van der Waals surface area contributed by atoms with E-state index in [2.05, 4.69) is 15.6 Å². The molecular formula is C19H30ClFN4O. The zero-order valence-corrected chi connectivity index (χ0v) is 17.5. The highest BCUT2D eigenvalue weighted by atomic mass is 35.5. The van der Waals surface area contributed by atoms with Crippen LogP contribution < -0.4 is 10.6 Å². The maximum Gasteiger partial charge on any atom is 0.240 e. The fraction of sp³-hybridized carbons (Fsp3) is 0.579. The van der Waals surface area contributed by atoms with Crippen molar-refractivity contribution in [3.63, 3.8) is 0 Å². The molecule has 0 fully saturated rings. The Balaban J connectivity index is 2.74. The molecule has 0 radical (unpaired) electrons. The maximum atomic E-state index is 13.3. The van der Waals surface area contributed by atoms with Crippen molar-refractivity contribution in [1.29, 1.82) is 0 Å². The molecule has 7 heteroatoms. The second-order valence-corrected chi connectivity index (χ2v) is 8.47. The molecule has 1 amide bonds. The lowest BCUT2D eigenvalue weighted by atomic mass is 9.84. The van der Waals surface area contributed by atoms with E-state index >= 15 is 0 Å². The summed E-state index contributed by atoms with van der Waals surface area (Å²) < 4.78 is 13.3. The highest BCUT2D eigenvalue weighted by molar-refractivity contribution is 6.31. The summed E-state index contributed by atoms with van der Waals surface area (Å²) in [4.78, 5) is 18.1. The lowest BCUT2D eigenvalue weighted by molar-refractivity contribution is -0.122. The molecule has 5 nitrogen and oxygen atoms in total. The molecule has 0 saturated heterocycles. The largest absolute Gasteiger partial charge is 0.355 e. The lowest BCUT2D eigenvalue weighted by Crippen LogP contribution is -2.50. The monoisotopic (exact) mass is 384 g/mol. The highest BCUT2D eigenvalue weighted by Gasteiger charge is 2.25. The van der Waals surface area contributed by atoms with Gasteiger partial charge in [-0.3, -0.25) is 9.79 Å². The van der Waals surface area contributed by atoms with Gasteiger partial charge < -0.3 is 15.5 Å². The van der Waals surface area contributed by atoms with Gasteiger partial charge in [0.05, 0.1) is 6.54 Å². The van der Waals surface area contributed by atoms with Crippen molar-refractivity contribution < 1.29 is 9.18 Å². The summed E-state index contributed by atoms with van der Waals surface area (Å²) in [6.45, 7) is 10.6. The molecule has 26 heavy (non-hydrogen) atoms. The molecule has 0 aliphatic rings. The van der Waals surface area contributed by atoms with Gasteiger partial charge in [-0.2, -0.15) is 0 Å². The quantitative estimate of drug-likeness (QED) is 0.605. The van der Waals surface area contributed by atoms with Crippen molar-refractivity contribution in [1.82, 2.24) is 15.5 Å². The highest BCUT2D eigenvalue weighted by Crippen LogP contribution is 2.29. The van der Waals surface area contributed by atoms with Gasteiger partial charge in [0.25, 0.3) is 0 Å². The molecule has 0 spiro atoms. The van der Waals surface area contributed by atoms with Gasteiger partial charge in [-0.1, -0.05) is 31.5 Å². The maximum absolute atomic E-state index is 13.3. The van der Waals surface area contributed by atoms with Crippen LogP contribution in [0.4, 0.5) is 4.39 Å². The van der Waals surface area contributed by atoms with E-state index in [0.29, 0.717) is 17.5 Å². The van der Waals surface area contributed by atoms with Gasteiger partial charge in [0.15, 0.2) is 5.96 Å². The van der Waals surface area contributed by atoms with E-state index in [1.807, 2.05) is 34.6 Å². The molecule has 2 N–H and O–H groups in total. The number of hydrogen-bond donors (Lipinski definition) is 2. The van der Waals surface area contributed by atoms with Crippen LogP contribution in [-0.2, 0) is 10.2 Å². The van der Waals surface area contributed by atoms with Gasteiger partial charge in [-0.05, 0) is 38.5 Å². The van der Waals surface area contributed by atoms with Crippen LogP contribution in [0.2, 0.25) is 5.02 Å². The number of carbonyl (C=O) groups is 1. The van der Waals surface area contributed by atoms with E-state index in [-0.39, 0.29) is 29.2 Å². The van der Waals surface area contributed by atoms with Gasteiger partial charge in [0.1, 0.15) is 5.82 Å². The third-order valence-corrected chi connectivity index (χ3v) is 4.13. The van der Waals surface area contributed by atoms with Crippen molar-refractivity contribution >= 4 is 23.5 Å². The average molecular weight is 385 g/mol. The minimum absolute atomic E-state index is 0.0798. The lowest BCUT2D eigenvalue weighted by Gasteiger charge is -2.30. The second-order valence-electron chi connectivity index (χ2n) is 8.06. The van der Waals surface area contributed by atoms with Crippen LogP contribution in [0.5, 0.6) is 0 Å². The molecule has 0 bridgehead atoms. The van der Waals surface area contributed by atoms with Crippen LogP contribution in [0.25, 0.3) is 0 Å². The number of nitrogens with zero attached hydrogens (tertiary/aromatic N) is 2. The SMILES string of the molecule is CN=C(NCC(C)(C)c1ccc(F)cc1Cl)N(C)CC(=O)NC(C)(C)C. The number of carbonyl (C=O) groups excluding carboxylic acids is 1. The zero-order chi connectivity index (χ0) is 20.1. The Bertz CT molecular complexity index is 668. The van der Waals surface area contributed by atoms with Crippen LogP contribution in [0.15, 0.2) is 23.2 Å². The van der Waals surface area contributed by atoms with Crippen LogP contribution in [0, 0.1) is 5.82 Å². The van der Waals surface area contributed by atoms with Crippen LogP contribution in [-0.4, -0.2) is 49.5 Å². The van der Waals surface area contributed by atoms with Crippen molar-refractivity contribution in [3.8, 4) is 0 Å². The number of benzene rings is 1. The Morgan fingerprint density at radius 3 is 2.38 bits per heavy atom. The summed E-state index contributed by atoms with van der Waals surface area (Å²) in [7, 11) is 3.47. The third kappa shape index (κ3) is 6.83. The molecular weight excluding hydrogens is 355 g/mol. The predicted octanol–water partition coefficient (Wildman–Crippen LogP) is 3.18. The van der Waals surface area contributed by atoms with Gasteiger partial charge in [0.2, 0.25) is 5.91 Å². The molecule has 1 aromatic carbocycles. The van der Waals surface area contributed by atoms with E-state index in [1.54, 1.807) is 25.1 Å². The Labute approximate surface area is 161 Å². The zero-order valence-electron chi connectivity index (χ0n) is 16.7. The molecule has 0 unspecified atom stereocenters. The minimum Gasteiger partial charge on any atom is -0.355 e. The first-order valence-electron chi connectivity index (χ1n) is 8.54.